The minimum absolute atomic E-state index is 0.0407. The van der Waals surface area contributed by atoms with E-state index in [2.05, 4.69) is 0 Å². The summed E-state index contributed by atoms with van der Waals surface area (Å²) in [5, 5.41) is 0. The van der Waals surface area contributed by atoms with Gasteiger partial charge in [-0.3, -0.25) is 4.79 Å². The summed E-state index contributed by atoms with van der Waals surface area (Å²) in [5.74, 6) is 1.99. The molecule has 0 saturated heterocycles. The zero-order valence-electron chi connectivity index (χ0n) is 12.9. The van der Waals surface area contributed by atoms with Crippen LogP contribution in [0.15, 0.2) is 36.4 Å². The Hall–Kier alpha value is -2.49. The van der Waals surface area contributed by atoms with Crippen LogP contribution in [0.5, 0.6) is 17.2 Å². The smallest absolute Gasteiger partial charge is 0.174 e. The van der Waals surface area contributed by atoms with E-state index < -0.39 is 0 Å². The van der Waals surface area contributed by atoms with Crippen LogP contribution >= 0.6 is 0 Å². The quantitative estimate of drug-likeness (QED) is 0.866. The van der Waals surface area contributed by atoms with Crippen LogP contribution in [0.2, 0.25) is 0 Å². The van der Waals surface area contributed by atoms with Crippen LogP contribution in [0.3, 0.4) is 0 Å². The lowest BCUT2D eigenvalue weighted by Crippen LogP contribution is -2.21. The highest BCUT2D eigenvalue weighted by Gasteiger charge is 2.30. The molecular formula is C18H18O4. The molecule has 4 heteroatoms. The van der Waals surface area contributed by atoms with Crippen molar-refractivity contribution in [1.29, 1.82) is 0 Å². The first-order valence-corrected chi connectivity index (χ1v) is 7.15. The fourth-order valence-electron chi connectivity index (χ4n) is 2.72. The third-order valence-corrected chi connectivity index (χ3v) is 3.84. The average molecular weight is 298 g/mol. The molecule has 0 aliphatic carbocycles. The number of ketones is 1. The monoisotopic (exact) mass is 298 g/mol. The van der Waals surface area contributed by atoms with Crippen LogP contribution < -0.4 is 14.2 Å². The number of carbonyl (C=O) groups is 1. The Bertz CT molecular complexity index is 704. The fourth-order valence-corrected chi connectivity index (χ4v) is 2.72. The van der Waals surface area contributed by atoms with E-state index in [0.717, 1.165) is 16.9 Å². The fraction of sp³-hybridized carbons (Fsp3) is 0.278. The molecule has 2 aromatic carbocycles. The first-order valence-electron chi connectivity index (χ1n) is 7.15. The lowest BCUT2D eigenvalue weighted by Gasteiger charge is -2.27. The number of methoxy groups -OCH3 is 2. The molecule has 1 aliphatic heterocycles. The second-order valence-electron chi connectivity index (χ2n) is 5.35. The number of hydrogen-bond acceptors (Lipinski definition) is 4. The van der Waals surface area contributed by atoms with Gasteiger partial charge in [0.05, 0.1) is 20.6 Å². The van der Waals surface area contributed by atoms with Gasteiger partial charge in [-0.2, -0.15) is 0 Å². The summed E-state index contributed by atoms with van der Waals surface area (Å²) < 4.78 is 16.5. The van der Waals surface area contributed by atoms with Gasteiger partial charge in [0.1, 0.15) is 28.9 Å². The van der Waals surface area contributed by atoms with Crippen molar-refractivity contribution in [3.05, 3.63) is 53.1 Å². The SMILES string of the molecule is COc1ccc([C@@H]2CC(=O)c3c(OC)cc(C)cc3O2)cc1. The Balaban J connectivity index is 1.96. The normalized spacial score (nSPS) is 16.7. The standard InChI is InChI=1S/C18H18O4/c1-11-8-16(21-3)18-14(19)10-15(22-17(18)9-11)12-4-6-13(20-2)7-5-12/h4-9,15H,10H2,1-3H3/t15-/m0/s1. The van der Waals surface area contributed by atoms with Gasteiger partial charge in [0.25, 0.3) is 0 Å². The molecule has 0 unspecified atom stereocenters. The van der Waals surface area contributed by atoms with Gasteiger partial charge in [-0.25, -0.2) is 0 Å². The van der Waals surface area contributed by atoms with Gasteiger partial charge < -0.3 is 14.2 Å². The van der Waals surface area contributed by atoms with E-state index in [0.29, 0.717) is 23.5 Å². The van der Waals surface area contributed by atoms with Crippen molar-refractivity contribution in [2.75, 3.05) is 14.2 Å². The van der Waals surface area contributed by atoms with Crippen LogP contribution in [0.1, 0.15) is 34.0 Å². The second kappa shape index (κ2) is 5.72. The first-order chi connectivity index (χ1) is 10.6. The molecule has 0 amide bonds. The summed E-state index contributed by atoms with van der Waals surface area (Å²) >= 11 is 0. The molecule has 22 heavy (non-hydrogen) atoms. The van der Waals surface area contributed by atoms with E-state index in [1.165, 1.54) is 0 Å². The van der Waals surface area contributed by atoms with Crippen LogP contribution in [0.4, 0.5) is 0 Å². The Kier molecular flexibility index (Phi) is 3.75. The second-order valence-corrected chi connectivity index (χ2v) is 5.35. The summed E-state index contributed by atoms with van der Waals surface area (Å²) in [6.45, 7) is 1.95. The maximum atomic E-state index is 12.5. The first kappa shape index (κ1) is 14.4. The number of ether oxygens (including phenoxy) is 3. The number of rotatable bonds is 3. The van der Waals surface area contributed by atoms with Gasteiger partial charge in [-0.1, -0.05) is 12.1 Å². The highest BCUT2D eigenvalue weighted by atomic mass is 16.5. The molecule has 1 heterocycles. The molecule has 1 atom stereocenters. The Morgan fingerprint density at radius 1 is 1.09 bits per heavy atom. The largest absolute Gasteiger partial charge is 0.497 e. The number of Topliss-reactive ketones (excluding diaryl/α,β-unsaturated/α-hetero) is 1. The Morgan fingerprint density at radius 2 is 1.82 bits per heavy atom. The number of fused-ring (bicyclic) bond motifs is 1. The lowest BCUT2D eigenvalue weighted by atomic mass is 9.94. The van der Waals surface area contributed by atoms with E-state index >= 15 is 0 Å². The van der Waals surface area contributed by atoms with Crippen molar-refractivity contribution < 1.29 is 19.0 Å². The lowest BCUT2D eigenvalue weighted by molar-refractivity contribution is 0.0844. The number of hydrogen-bond donors (Lipinski definition) is 0. The van der Waals surface area contributed by atoms with Crippen molar-refractivity contribution in [2.24, 2.45) is 0 Å². The predicted octanol–water partition coefficient (Wildman–Crippen LogP) is 3.72. The molecule has 0 spiro atoms. The topological polar surface area (TPSA) is 44.8 Å². The number of aryl methyl sites for hydroxylation is 1. The molecule has 0 bridgehead atoms. The van der Waals surface area contributed by atoms with Crippen molar-refractivity contribution in [2.45, 2.75) is 19.4 Å². The van der Waals surface area contributed by atoms with Crippen molar-refractivity contribution in [1.82, 2.24) is 0 Å². The van der Waals surface area contributed by atoms with E-state index in [4.69, 9.17) is 14.2 Å². The number of benzene rings is 2. The van der Waals surface area contributed by atoms with Gasteiger partial charge >= 0.3 is 0 Å². The minimum atomic E-state index is -0.280. The maximum Gasteiger partial charge on any atom is 0.174 e. The van der Waals surface area contributed by atoms with Crippen LogP contribution in [-0.2, 0) is 0 Å². The van der Waals surface area contributed by atoms with Gasteiger partial charge in [-0.05, 0) is 42.3 Å². The Labute approximate surface area is 129 Å². The molecule has 0 saturated carbocycles. The summed E-state index contributed by atoms with van der Waals surface area (Å²) in [4.78, 5) is 12.5. The molecular weight excluding hydrogens is 280 g/mol. The summed E-state index contributed by atoms with van der Waals surface area (Å²) in [5.41, 5.74) is 2.50. The van der Waals surface area contributed by atoms with Crippen LogP contribution in [0, 0.1) is 6.92 Å². The van der Waals surface area contributed by atoms with Crippen LogP contribution in [-0.4, -0.2) is 20.0 Å². The van der Waals surface area contributed by atoms with Gasteiger partial charge in [-0.15, -0.1) is 0 Å². The van der Waals surface area contributed by atoms with E-state index in [1.807, 2.05) is 43.3 Å². The zero-order chi connectivity index (χ0) is 15.7. The van der Waals surface area contributed by atoms with Gasteiger partial charge in [0, 0.05) is 0 Å². The van der Waals surface area contributed by atoms with Crippen LogP contribution in [0.25, 0.3) is 0 Å². The third-order valence-electron chi connectivity index (χ3n) is 3.84. The van der Waals surface area contributed by atoms with E-state index in [-0.39, 0.29) is 11.9 Å². The molecule has 0 fully saturated rings. The van der Waals surface area contributed by atoms with Crippen molar-refractivity contribution >= 4 is 5.78 Å². The molecule has 0 aromatic heterocycles. The molecule has 114 valence electrons. The average Bonchev–Trinajstić information content (AvgIpc) is 2.53. The minimum Gasteiger partial charge on any atom is -0.497 e. The summed E-state index contributed by atoms with van der Waals surface area (Å²) in [7, 11) is 3.19. The molecule has 0 N–H and O–H groups in total. The summed E-state index contributed by atoms with van der Waals surface area (Å²) in [6, 6.07) is 11.3. The molecule has 2 aromatic rings. The van der Waals surface area contributed by atoms with Crippen molar-refractivity contribution in [3.63, 3.8) is 0 Å². The highest BCUT2D eigenvalue weighted by Crippen LogP contribution is 2.40. The van der Waals surface area contributed by atoms with Gasteiger partial charge in [0.2, 0.25) is 0 Å². The highest BCUT2D eigenvalue weighted by molar-refractivity contribution is 6.02. The molecule has 4 nitrogen and oxygen atoms in total. The molecule has 3 rings (SSSR count). The maximum absolute atomic E-state index is 12.5. The summed E-state index contributed by atoms with van der Waals surface area (Å²) in [6.07, 6.45) is 0.0241. The van der Waals surface area contributed by atoms with Crippen molar-refractivity contribution in [3.8, 4) is 17.2 Å². The molecule has 0 radical (unpaired) electrons. The number of carbonyl (C=O) groups excluding carboxylic acids is 1. The predicted molar refractivity (Wildman–Crippen MR) is 83.0 cm³/mol. The molecule has 1 aliphatic rings. The van der Waals surface area contributed by atoms with Gasteiger partial charge in [0.15, 0.2) is 5.78 Å². The Morgan fingerprint density at radius 3 is 2.45 bits per heavy atom. The third kappa shape index (κ3) is 2.52. The van der Waals surface area contributed by atoms with E-state index in [9.17, 15) is 4.79 Å². The van der Waals surface area contributed by atoms with E-state index in [1.54, 1.807) is 14.2 Å². The zero-order valence-corrected chi connectivity index (χ0v) is 12.9.